The second kappa shape index (κ2) is 7.26. The molecular weight excluding hydrogens is 250 g/mol. The molecule has 1 heterocycles. The van der Waals surface area contributed by atoms with Gasteiger partial charge in [0.1, 0.15) is 6.04 Å². The monoisotopic (exact) mass is 279 g/mol. The molecule has 2 aliphatic rings. The van der Waals surface area contributed by atoms with Crippen LogP contribution in [0.4, 0.5) is 0 Å². The number of carbonyl (C=O) groups excluding carboxylic acids is 1. The maximum Gasteiger partial charge on any atom is 0.323 e. The number of unbranched alkanes of at least 4 members (excludes halogenated alkanes) is 1. The summed E-state index contributed by atoms with van der Waals surface area (Å²) in [5.41, 5.74) is 0.422. The Kier molecular flexibility index (Phi) is 5.64. The molecule has 0 aromatic heterocycles. The van der Waals surface area contributed by atoms with Crippen LogP contribution in [-0.4, -0.2) is 36.6 Å². The number of allylic oxidation sites excluding steroid dienone is 2. The molecule has 1 aliphatic heterocycles. The molecule has 3 nitrogen and oxygen atoms in total. The molecule has 0 N–H and O–H groups in total. The van der Waals surface area contributed by atoms with Gasteiger partial charge in [0.05, 0.1) is 6.61 Å². The number of esters is 1. The second-order valence-corrected chi connectivity index (χ2v) is 6.49. The number of nitrogens with zero attached hydrogens (tertiary/aromatic N) is 1. The van der Waals surface area contributed by atoms with Crippen molar-refractivity contribution in [1.29, 1.82) is 0 Å². The van der Waals surface area contributed by atoms with Crippen molar-refractivity contribution >= 4 is 5.97 Å². The van der Waals surface area contributed by atoms with E-state index in [-0.39, 0.29) is 12.0 Å². The van der Waals surface area contributed by atoms with Crippen LogP contribution < -0.4 is 0 Å². The number of rotatable bonds is 5. The van der Waals surface area contributed by atoms with Crippen molar-refractivity contribution in [2.75, 3.05) is 19.7 Å². The Morgan fingerprint density at radius 1 is 1.40 bits per heavy atom. The van der Waals surface area contributed by atoms with Crippen LogP contribution in [0.5, 0.6) is 0 Å². The Hall–Kier alpha value is -0.830. The molecule has 0 bridgehead atoms. The first-order valence-electron chi connectivity index (χ1n) is 8.22. The number of carbonyl (C=O) groups is 1. The Balaban J connectivity index is 1.87. The topological polar surface area (TPSA) is 29.5 Å². The van der Waals surface area contributed by atoms with Crippen molar-refractivity contribution < 1.29 is 9.53 Å². The highest BCUT2D eigenvalue weighted by molar-refractivity contribution is 5.75. The lowest BCUT2D eigenvalue weighted by atomic mass is 9.71. The zero-order valence-corrected chi connectivity index (χ0v) is 13.1. The van der Waals surface area contributed by atoms with Gasteiger partial charge in [0.25, 0.3) is 0 Å². The predicted molar refractivity (Wildman–Crippen MR) is 81.6 cm³/mol. The summed E-state index contributed by atoms with van der Waals surface area (Å²) in [5, 5.41) is 0. The molecule has 3 heteroatoms. The van der Waals surface area contributed by atoms with E-state index in [4.69, 9.17) is 4.74 Å². The Morgan fingerprint density at radius 2 is 2.25 bits per heavy atom. The number of hydrogen-bond acceptors (Lipinski definition) is 3. The van der Waals surface area contributed by atoms with Crippen LogP contribution in [0.15, 0.2) is 12.2 Å². The zero-order chi connectivity index (χ0) is 14.4. The third-order valence-corrected chi connectivity index (χ3v) is 4.88. The van der Waals surface area contributed by atoms with Crippen molar-refractivity contribution in [3.8, 4) is 0 Å². The highest BCUT2D eigenvalue weighted by Crippen LogP contribution is 2.41. The molecule has 0 aromatic rings. The van der Waals surface area contributed by atoms with E-state index in [1.54, 1.807) is 0 Å². The molecule has 1 aliphatic carbocycles. The van der Waals surface area contributed by atoms with Gasteiger partial charge in [-0.25, -0.2) is 0 Å². The van der Waals surface area contributed by atoms with E-state index < -0.39 is 0 Å². The van der Waals surface area contributed by atoms with Crippen LogP contribution in [0.25, 0.3) is 0 Å². The first kappa shape index (κ1) is 15.6. The Bertz CT molecular complexity index is 353. The van der Waals surface area contributed by atoms with Crippen LogP contribution in [0.3, 0.4) is 0 Å². The first-order chi connectivity index (χ1) is 9.67. The van der Waals surface area contributed by atoms with Crippen LogP contribution >= 0.6 is 0 Å². The van der Waals surface area contributed by atoms with Gasteiger partial charge in [-0.05, 0) is 57.4 Å². The van der Waals surface area contributed by atoms with Crippen molar-refractivity contribution in [3.63, 3.8) is 0 Å². The van der Waals surface area contributed by atoms with Crippen molar-refractivity contribution in [2.24, 2.45) is 5.41 Å². The normalized spacial score (nSPS) is 28.5. The fourth-order valence-corrected chi connectivity index (χ4v) is 3.48. The van der Waals surface area contributed by atoms with Gasteiger partial charge in [-0.15, -0.1) is 0 Å². The molecule has 0 aromatic carbocycles. The Morgan fingerprint density at radius 3 is 2.95 bits per heavy atom. The van der Waals surface area contributed by atoms with Crippen molar-refractivity contribution in [3.05, 3.63) is 12.2 Å². The number of ether oxygens (including phenoxy) is 1. The lowest BCUT2D eigenvalue weighted by molar-refractivity contribution is -0.151. The van der Waals surface area contributed by atoms with Gasteiger partial charge in [-0.2, -0.15) is 0 Å². The number of piperidine rings is 1. The summed E-state index contributed by atoms with van der Waals surface area (Å²) in [6.07, 6.45) is 12.8. The van der Waals surface area contributed by atoms with E-state index >= 15 is 0 Å². The molecule has 20 heavy (non-hydrogen) atoms. The smallest absolute Gasteiger partial charge is 0.323 e. The zero-order valence-electron chi connectivity index (χ0n) is 13.1. The minimum absolute atomic E-state index is 0.0400. The highest BCUT2D eigenvalue weighted by atomic mass is 16.5. The lowest BCUT2D eigenvalue weighted by Gasteiger charge is -2.45. The van der Waals surface area contributed by atoms with Gasteiger partial charge in [0.2, 0.25) is 0 Å². The van der Waals surface area contributed by atoms with Gasteiger partial charge >= 0.3 is 5.97 Å². The molecule has 114 valence electrons. The third kappa shape index (κ3) is 3.85. The summed E-state index contributed by atoms with van der Waals surface area (Å²) in [5.74, 6) is -0.0400. The number of hydrogen-bond donors (Lipinski definition) is 0. The molecule has 1 saturated heterocycles. The number of likely N-dealkylation sites (tertiary alicyclic amines) is 1. The molecule has 2 rings (SSSR count). The summed E-state index contributed by atoms with van der Waals surface area (Å²) in [6, 6.07) is -0.0880. The predicted octanol–water partition coefficient (Wildman–Crippen LogP) is 3.54. The third-order valence-electron chi connectivity index (χ3n) is 4.88. The minimum Gasteiger partial charge on any atom is -0.465 e. The highest BCUT2D eigenvalue weighted by Gasteiger charge is 2.38. The van der Waals surface area contributed by atoms with Crippen molar-refractivity contribution in [1.82, 2.24) is 4.90 Å². The Labute approximate surface area is 123 Å². The molecule has 0 saturated carbocycles. The van der Waals surface area contributed by atoms with E-state index in [1.165, 1.54) is 32.1 Å². The molecule has 1 spiro atoms. The summed E-state index contributed by atoms with van der Waals surface area (Å²) in [6.45, 7) is 6.78. The van der Waals surface area contributed by atoms with Crippen LogP contribution in [0.2, 0.25) is 0 Å². The summed E-state index contributed by atoms with van der Waals surface area (Å²) in [4.78, 5) is 14.5. The van der Waals surface area contributed by atoms with E-state index in [0.29, 0.717) is 12.0 Å². The summed E-state index contributed by atoms with van der Waals surface area (Å²) < 4.78 is 5.38. The van der Waals surface area contributed by atoms with E-state index in [1.807, 2.05) is 6.92 Å². The fourth-order valence-electron chi connectivity index (χ4n) is 3.48. The standard InChI is InChI=1S/C17H29NO2/c1-3-4-13-20-16(19)15(2)18-12-8-11-17(14-18)9-6-5-7-10-17/h5-6,15H,3-4,7-14H2,1-2H3/t15-,17+/m1/s1. The van der Waals surface area contributed by atoms with Gasteiger partial charge < -0.3 is 4.74 Å². The summed E-state index contributed by atoms with van der Waals surface area (Å²) >= 11 is 0. The maximum atomic E-state index is 12.1. The fraction of sp³-hybridized carbons (Fsp3) is 0.824. The average molecular weight is 279 g/mol. The van der Waals surface area contributed by atoms with Crippen LogP contribution in [0, 0.1) is 5.41 Å². The van der Waals surface area contributed by atoms with Gasteiger partial charge in [0, 0.05) is 6.54 Å². The SMILES string of the molecule is CCCCOC(=O)[C@@H](C)N1CCC[C@@]2(CC=CCC2)C1. The van der Waals surface area contributed by atoms with Gasteiger partial charge in [-0.3, -0.25) is 9.69 Å². The molecule has 0 unspecified atom stereocenters. The van der Waals surface area contributed by atoms with Gasteiger partial charge in [-0.1, -0.05) is 25.5 Å². The van der Waals surface area contributed by atoms with E-state index in [0.717, 1.165) is 25.9 Å². The quantitative estimate of drug-likeness (QED) is 0.438. The van der Waals surface area contributed by atoms with Crippen LogP contribution in [0.1, 0.15) is 58.8 Å². The molecule has 0 amide bonds. The summed E-state index contributed by atoms with van der Waals surface area (Å²) in [7, 11) is 0. The van der Waals surface area contributed by atoms with E-state index in [2.05, 4.69) is 24.0 Å². The molecule has 2 atom stereocenters. The molecule has 0 radical (unpaired) electrons. The van der Waals surface area contributed by atoms with Crippen molar-refractivity contribution in [2.45, 2.75) is 64.8 Å². The van der Waals surface area contributed by atoms with E-state index in [9.17, 15) is 4.79 Å². The largest absolute Gasteiger partial charge is 0.465 e. The lowest BCUT2D eigenvalue weighted by Crippen LogP contribution is -2.50. The molecular formula is C17H29NO2. The van der Waals surface area contributed by atoms with Gasteiger partial charge in [0.15, 0.2) is 0 Å². The maximum absolute atomic E-state index is 12.1. The van der Waals surface area contributed by atoms with Crippen LogP contribution in [-0.2, 0) is 9.53 Å². The average Bonchev–Trinajstić information content (AvgIpc) is 2.47. The minimum atomic E-state index is -0.0880. The first-order valence-corrected chi connectivity index (χ1v) is 8.22. The second-order valence-electron chi connectivity index (χ2n) is 6.49. The molecule has 1 fully saturated rings.